The van der Waals surface area contributed by atoms with Crippen molar-refractivity contribution in [1.29, 1.82) is 0 Å². The molecule has 0 bridgehead atoms. The number of ether oxygens (including phenoxy) is 2. The lowest BCUT2D eigenvalue weighted by Crippen LogP contribution is -2.10. The van der Waals surface area contributed by atoms with Crippen molar-refractivity contribution in [3.63, 3.8) is 0 Å². The largest absolute Gasteiger partial charge is 0.475 e. The van der Waals surface area contributed by atoms with Gasteiger partial charge in [0, 0.05) is 19.7 Å². The van der Waals surface area contributed by atoms with E-state index in [0.717, 1.165) is 12.4 Å². The molecule has 4 nitrogen and oxygen atoms in total. The first-order valence-corrected chi connectivity index (χ1v) is 5.57. The Morgan fingerprint density at radius 2 is 2.12 bits per heavy atom. The predicted molar refractivity (Wildman–Crippen MR) is 64.9 cm³/mol. The zero-order valence-electron chi connectivity index (χ0n) is 10.2. The predicted octanol–water partition coefficient (Wildman–Crippen LogP) is 2.17. The highest BCUT2D eigenvalue weighted by molar-refractivity contribution is 5.35. The van der Waals surface area contributed by atoms with Gasteiger partial charge >= 0.3 is 0 Å². The topological polar surface area (TPSA) is 43.4 Å². The van der Waals surface area contributed by atoms with E-state index in [4.69, 9.17) is 9.47 Å². The third kappa shape index (κ3) is 4.98. The highest BCUT2D eigenvalue weighted by atomic mass is 16.5. The number of hydrogen-bond donors (Lipinski definition) is 1. The summed E-state index contributed by atoms with van der Waals surface area (Å²) in [6, 6.07) is 5.63. The number of nitrogens with one attached hydrogen (secondary N) is 1. The van der Waals surface area contributed by atoms with Gasteiger partial charge in [-0.2, -0.15) is 4.98 Å². The zero-order chi connectivity index (χ0) is 11.8. The van der Waals surface area contributed by atoms with Crippen LogP contribution in [0.15, 0.2) is 18.2 Å². The van der Waals surface area contributed by atoms with Crippen molar-refractivity contribution in [2.75, 3.05) is 32.2 Å². The lowest BCUT2D eigenvalue weighted by Gasteiger charge is -2.08. The summed E-state index contributed by atoms with van der Waals surface area (Å²) in [7, 11) is 1.83. The highest BCUT2D eigenvalue weighted by Gasteiger charge is 1.97. The summed E-state index contributed by atoms with van der Waals surface area (Å²) < 4.78 is 10.9. The van der Waals surface area contributed by atoms with E-state index in [2.05, 4.69) is 24.1 Å². The molecule has 0 aliphatic heterocycles. The molecule has 1 heterocycles. The van der Waals surface area contributed by atoms with Crippen LogP contribution >= 0.6 is 0 Å². The number of anilines is 1. The maximum absolute atomic E-state index is 5.45. The average Bonchev–Trinajstić information content (AvgIpc) is 2.28. The van der Waals surface area contributed by atoms with Crippen molar-refractivity contribution in [2.24, 2.45) is 5.92 Å². The second-order valence-corrected chi connectivity index (χ2v) is 3.93. The Kier molecular flexibility index (Phi) is 5.64. The minimum atomic E-state index is 0.535. The van der Waals surface area contributed by atoms with Crippen LogP contribution in [0.1, 0.15) is 13.8 Å². The molecule has 1 aromatic heterocycles. The normalized spacial score (nSPS) is 10.5. The number of aromatic nitrogens is 1. The molecule has 90 valence electrons. The molecule has 0 spiro atoms. The van der Waals surface area contributed by atoms with Gasteiger partial charge in [-0.15, -0.1) is 0 Å². The first kappa shape index (κ1) is 12.8. The van der Waals surface area contributed by atoms with E-state index in [1.165, 1.54) is 0 Å². The Morgan fingerprint density at radius 3 is 2.81 bits per heavy atom. The lowest BCUT2D eigenvalue weighted by atomic mass is 10.2. The van der Waals surface area contributed by atoms with Crippen molar-refractivity contribution in [1.82, 2.24) is 4.98 Å². The number of hydrogen-bond acceptors (Lipinski definition) is 4. The van der Waals surface area contributed by atoms with Crippen LogP contribution in [-0.4, -0.2) is 31.9 Å². The third-order valence-corrected chi connectivity index (χ3v) is 1.91. The van der Waals surface area contributed by atoms with Crippen molar-refractivity contribution >= 4 is 5.82 Å². The van der Waals surface area contributed by atoms with Gasteiger partial charge in [-0.05, 0) is 12.0 Å². The molecule has 1 aromatic rings. The van der Waals surface area contributed by atoms with Gasteiger partial charge in [0.15, 0.2) is 0 Å². The van der Waals surface area contributed by atoms with Gasteiger partial charge in [-0.1, -0.05) is 19.9 Å². The molecule has 0 unspecified atom stereocenters. The Hall–Kier alpha value is -1.29. The van der Waals surface area contributed by atoms with Gasteiger partial charge in [0.1, 0.15) is 12.4 Å². The fourth-order valence-electron chi connectivity index (χ4n) is 1.16. The molecule has 0 aromatic carbocycles. The fourth-order valence-corrected chi connectivity index (χ4v) is 1.16. The monoisotopic (exact) mass is 224 g/mol. The standard InChI is InChI=1S/C12H20N2O2/c1-10(2)9-15-7-8-16-12-6-4-5-11(13-3)14-12/h4-6,10H,7-9H2,1-3H3,(H,13,14). The van der Waals surface area contributed by atoms with E-state index >= 15 is 0 Å². The van der Waals surface area contributed by atoms with Gasteiger partial charge in [-0.25, -0.2) is 0 Å². The van der Waals surface area contributed by atoms with Crippen molar-refractivity contribution in [3.05, 3.63) is 18.2 Å². The molecule has 1 rings (SSSR count). The van der Waals surface area contributed by atoms with E-state index in [1.807, 2.05) is 25.2 Å². The number of rotatable bonds is 7. The van der Waals surface area contributed by atoms with Crippen LogP contribution in [0.25, 0.3) is 0 Å². The van der Waals surface area contributed by atoms with Crippen LogP contribution in [0.3, 0.4) is 0 Å². The SMILES string of the molecule is CNc1cccc(OCCOCC(C)C)n1. The molecular weight excluding hydrogens is 204 g/mol. The average molecular weight is 224 g/mol. The smallest absolute Gasteiger partial charge is 0.215 e. The van der Waals surface area contributed by atoms with Crippen LogP contribution < -0.4 is 10.1 Å². The van der Waals surface area contributed by atoms with E-state index in [1.54, 1.807) is 0 Å². The molecule has 0 fully saturated rings. The summed E-state index contributed by atoms with van der Waals surface area (Å²) in [5.41, 5.74) is 0. The molecule has 0 saturated carbocycles. The quantitative estimate of drug-likeness (QED) is 0.721. The minimum Gasteiger partial charge on any atom is -0.475 e. The second kappa shape index (κ2) is 7.06. The van der Waals surface area contributed by atoms with Gasteiger partial charge in [0.25, 0.3) is 0 Å². The molecule has 0 saturated heterocycles. The van der Waals surface area contributed by atoms with Crippen molar-refractivity contribution in [3.8, 4) is 5.88 Å². The van der Waals surface area contributed by atoms with E-state index in [0.29, 0.717) is 25.0 Å². The molecule has 16 heavy (non-hydrogen) atoms. The van der Waals surface area contributed by atoms with E-state index in [-0.39, 0.29) is 0 Å². The van der Waals surface area contributed by atoms with Crippen LogP contribution in [-0.2, 0) is 4.74 Å². The van der Waals surface area contributed by atoms with Crippen molar-refractivity contribution in [2.45, 2.75) is 13.8 Å². The first-order valence-electron chi connectivity index (χ1n) is 5.57. The number of nitrogens with zero attached hydrogens (tertiary/aromatic N) is 1. The maximum atomic E-state index is 5.45. The van der Waals surface area contributed by atoms with Crippen LogP contribution in [0.4, 0.5) is 5.82 Å². The van der Waals surface area contributed by atoms with E-state index in [9.17, 15) is 0 Å². The lowest BCUT2D eigenvalue weighted by molar-refractivity contribution is 0.0807. The molecule has 0 radical (unpaired) electrons. The fraction of sp³-hybridized carbons (Fsp3) is 0.583. The molecule has 4 heteroatoms. The molecule has 0 amide bonds. The zero-order valence-corrected chi connectivity index (χ0v) is 10.2. The number of pyridine rings is 1. The van der Waals surface area contributed by atoms with Gasteiger partial charge in [0.2, 0.25) is 5.88 Å². The van der Waals surface area contributed by atoms with Crippen LogP contribution in [0.5, 0.6) is 5.88 Å². The van der Waals surface area contributed by atoms with Gasteiger partial charge < -0.3 is 14.8 Å². The molecule has 1 N–H and O–H groups in total. The summed E-state index contributed by atoms with van der Waals surface area (Å²) in [6.07, 6.45) is 0. The van der Waals surface area contributed by atoms with Gasteiger partial charge in [-0.3, -0.25) is 0 Å². The summed E-state index contributed by atoms with van der Waals surface area (Å²) >= 11 is 0. The Bertz CT molecular complexity index is 303. The molecule has 0 aliphatic rings. The first-order chi connectivity index (χ1) is 7.72. The molecular formula is C12H20N2O2. The second-order valence-electron chi connectivity index (χ2n) is 3.93. The highest BCUT2D eigenvalue weighted by Crippen LogP contribution is 2.10. The van der Waals surface area contributed by atoms with Crippen molar-refractivity contribution < 1.29 is 9.47 Å². The third-order valence-electron chi connectivity index (χ3n) is 1.91. The van der Waals surface area contributed by atoms with Gasteiger partial charge in [0.05, 0.1) is 6.61 Å². The van der Waals surface area contributed by atoms with Crippen LogP contribution in [0, 0.1) is 5.92 Å². The summed E-state index contributed by atoms with van der Waals surface area (Å²) in [5, 5.41) is 2.96. The summed E-state index contributed by atoms with van der Waals surface area (Å²) in [4.78, 5) is 4.24. The summed E-state index contributed by atoms with van der Waals surface area (Å²) in [5.74, 6) is 1.99. The Balaban J connectivity index is 2.21. The molecule has 0 aliphatic carbocycles. The maximum Gasteiger partial charge on any atom is 0.215 e. The summed E-state index contributed by atoms with van der Waals surface area (Å²) in [6.45, 7) is 6.15. The molecule has 0 atom stereocenters. The van der Waals surface area contributed by atoms with E-state index < -0.39 is 0 Å². The van der Waals surface area contributed by atoms with Crippen LogP contribution in [0.2, 0.25) is 0 Å². The Morgan fingerprint density at radius 1 is 1.31 bits per heavy atom. The Labute approximate surface area is 97.0 Å². The minimum absolute atomic E-state index is 0.535.